The Morgan fingerprint density at radius 3 is 3.09 bits per heavy atom. The Bertz CT molecular complexity index is 589. The lowest BCUT2D eigenvalue weighted by molar-refractivity contribution is -0.0949. The number of rotatable bonds is 2. The molecule has 0 bridgehead atoms. The van der Waals surface area contributed by atoms with Gasteiger partial charge in [-0.05, 0) is 43.0 Å². The van der Waals surface area contributed by atoms with E-state index in [-0.39, 0.29) is 11.6 Å². The Morgan fingerprint density at radius 1 is 1.50 bits per heavy atom. The standard InChI is InChI=1S/C17H24ClN3O/c1-11-8-17(9-16(21-11)15(19)10-20-2)14-7-13(18)4-3-12(14)5-6-22-17/h3-4,7,10-11,16,20-21H,5-6,8-9,19H2,1-2H3/b15-10-/t11-,16-,17-/m0/s1. The van der Waals surface area contributed by atoms with Gasteiger partial charge in [0, 0.05) is 36.4 Å². The first kappa shape index (κ1) is 15.7. The molecule has 5 heteroatoms. The van der Waals surface area contributed by atoms with E-state index in [2.05, 4.69) is 29.7 Å². The molecule has 1 fully saturated rings. The molecule has 120 valence electrons. The van der Waals surface area contributed by atoms with Crippen molar-refractivity contribution in [2.24, 2.45) is 5.73 Å². The van der Waals surface area contributed by atoms with Crippen molar-refractivity contribution in [3.63, 3.8) is 0 Å². The van der Waals surface area contributed by atoms with E-state index in [1.54, 1.807) is 0 Å². The Balaban J connectivity index is 1.99. The van der Waals surface area contributed by atoms with Crippen molar-refractivity contribution >= 4 is 11.6 Å². The monoisotopic (exact) mass is 321 g/mol. The van der Waals surface area contributed by atoms with Crippen LogP contribution in [-0.4, -0.2) is 25.7 Å². The topological polar surface area (TPSA) is 59.3 Å². The van der Waals surface area contributed by atoms with Gasteiger partial charge in [0.2, 0.25) is 0 Å². The molecule has 1 spiro atoms. The third-order valence-corrected chi connectivity index (χ3v) is 4.92. The van der Waals surface area contributed by atoms with Crippen LogP contribution in [0.3, 0.4) is 0 Å². The SMILES string of the molecule is CN/C=C(\N)[C@@H]1C[C@]2(C[C@H](C)N1)OCCc1ccc(Cl)cc12. The zero-order valence-corrected chi connectivity index (χ0v) is 13.9. The average molecular weight is 322 g/mol. The molecule has 3 atom stereocenters. The highest BCUT2D eigenvalue weighted by molar-refractivity contribution is 6.30. The van der Waals surface area contributed by atoms with Crippen LogP contribution >= 0.6 is 11.6 Å². The van der Waals surface area contributed by atoms with Crippen LogP contribution in [0.1, 0.15) is 30.9 Å². The van der Waals surface area contributed by atoms with Gasteiger partial charge in [-0.15, -0.1) is 0 Å². The number of halogens is 1. The van der Waals surface area contributed by atoms with E-state index in [1.165, 1.54) is 11.1 Å². The fourth-order valence-electron chi connectivity index (χ4n) is 3.81. The maximum absolute atomic E-state index is 6.32. The van der Waals surface area contributed by atoms with Crippen LogP contribution in [-0.2, 0) is 16.8 Å². The molecule has 0 saturated carbocycles. The van der Waals surface area contributed by atoms with Crippen molar-refractivity contribution in [2.45, 2.75) is 43.9 Å². The Morgan fingerprint density at radius 2 is 2.32 bits per heavy atom. The van der Waals surface area contributed by atoms with E-state index >= 15 is 0 Å². The number of nitrogens with two attached hydrogens (primary N) is 1. The normalized spacial score (nSPS) is 31.9. The Labute approximate surface area is 137 Å². The summed E-state index contributed by atoms with van der Waals surface area (Å²) in [5.74, 6) is 0. The van der Waals surface area contributed by atoms with Crippen molar-refractivity contribution in [3.05, 3.63) is 46.2 Å². The minimum Gasteiger partial charge on any atom is -0.400 e. The van der Waals surface area contributed by atoms with Gasteiger partial charge in [-0.2, -0.15) is 0 Å². The number of ether oxygens (including phenoxy) is 1. The second kappa shape index (κ2) is 6.11. The maximum atomic E-state index is 6.32. The van der Waals surface area contributed by atoms with Gasteiger partial charge in [0.25, 0.3) is 0 Å². The molecule has 0 aliphatic carbocycles. The quantitative estimate of drug-likeness (QED) is 0.782. The van der Waals surface area contributed by atoms with Gasteiger partial charge < -0.3 is 21.1 Å². The van der Waals surface area contributed by atoms with E-state index in [9.17, 15) is 0 Å². The van der Waals surface area contributed by atoms with E-state index in [1.807, 2.05) is 19.3 Å². The highest BCUT2D eigenvalue weighted by atomic mass is 35.5. The summed E-state index contributed by atoms with van der Waals surface area (Å²) in [6, 6.07) is 6.60. The van der Waals surface area contributed by atoms with Gasteiger partial charge in [0.05, 0.1) is 18.2 Å². The molecule has 1 aromatic rings. The number of benzene rings is 1. The fraction of sp³-hybridized carbons (Fsp3) is 0.529. The molecule has 1 aromatic carbocycles. The molecule has 2 aliphatic rings. The van der Waals surface area contributed by atoms with E-state index in [0.717, 1.165) is 36.6 Å². The summed E-state index contributed by atoms with van der Waals surface area (Å²) >= 11 is 6.25. The Hall–Kier alpha value is -1.23. The second-order valence-electron chi connectivity index (χ2n) is 6.36. The predicted molar refractivity (Wildman–Crippen MR) is 89.7 cm³/mol. The van der Waals surface area contributed by atoms with Crippen molar-refractivity contribution in [1.29, 1.82) is 0 Å². The first-order chi connectivity index (χ1) is 10.5. The lowest BCUT2D eigenvalue weighted by Crippen LogP contribution is -2.55. The zero-order valence-electron chi connectivity index (χ0n) is 13.2. The molecule has 0 radical (unpaired) electrons. The molecule has 22 heavy (non-hydrogen) atoms. The second-order valence-corrected chi connectivity index (χ2v) is 6.79. The first-order valence-electron chi connectivity index (χ1n) is 7.86. The van der Waals surface area contributed by atoms with Crippen LogP contribution in [0.25, 0.3) is 0 Å². The summed E-state index contributed by atoms with van der Waals surface area (Å²) < 4.78 is 6.32. The molecule has 3 rings (SSSR count). The third-order valence-electron chi connectivity index (χ3n) is 4.68. The summed E-state index contributed by atoms with van der Waals surface area (Å²) in [6.45, 7) is 2.94. The summed E-state index contributed by atoms with van der Waals surface area (Å²) in [6.07, 6.45) is 4.56. The molecular formula is C17H24ClN3O. The van der Waals surface area contributed by atoms with Gasteiger partial charge in [0.1, 0.15) is 0 Å². The summed E-state index contributed by atoms with van der Waals surface area (Å²) in [4.78, 5) is 0. The number of piperidine rings is 1. The lowest BCUT2D eigenvalue weighted by Gasteiger charge is -2.47. The summed E-state index contributed by atoms with van der Waals surface area (Å²) in [7, 11) is 1.86. The number of hydrogen-bond donors (Lipinski definition) is 3. The smallest absolute Gasteiger partial charge is 0.0968 e. The summed E-state index contributed by atoms with van der Waals surface area (Å²) in [5, 5.41) is 7.35. The van der Waals surface area contributed by atoms with Crippen molar-refractivity contribution in [1.82, 2.24) is 10.6 Å². The van der Waals surface area contributed by atoms with E-state index < -0.39 is 0 Å². The lowest BCUT2D eigenvalue weighted by atomic mass is 9.75. The van der Waals surface area contributed by atoms with E-state index in [0.29, 0.717) is 6.04 Å². The van der Waals surface area contributed by atoms with E-state index in [4.69, 9.17) is 22.1 Å². The van der Waals surface area contributed by atoms with Gasteiger partial charge in [-0.1, -0.05) is 17.7 Å². The third kappa shape index (κ3) is 2.83. The van der Waals surface area contributed by atoms with Crippen LogP contribution in [0.5, 0.6) is 0 Å². The molecule has 4 N–H and O–H groups in total. The van der Waals surface area contributed by atoms with Gasteiger partial charge in [-0.25, -0.2) is 0 Å². The first-order valence-corrected chi connectivity index (χ1v) is 8.23. The van der Waals surface area contributed by atoms with Crippen LogP contribution in [0.15, 0.2) is 30.1 Å². The van der Waals surface area contributed by atoms with Crippen LogP contribution in [0.2, 0.25) is 5.02 Å². The van der Waals surface area contributed by atoms with Crippen molar-refractivity contribution in [3.8, 4) is 0 Å². The summed E-state index contributed by atoms with van der Waals surface area (Å²) in [5.41, 5.74) is 9.32. The molecule has 4 nitrogen and oxygen atoms in total. The van der Waals surface area contributed by atoms with Gasteiger partial charge in [0.15, 0.2) is 0 Å². The molecule has 0 unspecified atom stereocenters. The number of nitrogens with one attached hydrogen (secondary N) is 2. The largest absolute Gasteiger partial charge is 0.400 e. The minimum absolute atomic E-state index is 0.0983. The zero-order chi connectivity index (χ0) is 15.7. The Kier molecular flexibility index (Phi) is 4.35. The van der Waals surface area contributed by atoms with Crippen LogP contribution in [0.4, 0.5) is 0 Å². The highest BCUT2D eigenvalue weighted by Crippen LogP contribution is 2.44. The molecule has 1 saturated heterocycles. The average Bonchev–Trinajstić information content (AvgIpc) is 2.48. The maximum Gasteiger partial charge on any atom is 0.0968 e. The fourth-order valence-corrected chi connectivity index (χ4v) is 3.99. The predicted octanol–water partition coefficient (Wildman–Crippen LogP) is 2.27. The van der Waals surface area contributed by atoms with Crippen LogP contribution < -0.4 is 16.4 Å². The molecular weight excluding hydrogens is 298 g/mol. The van der Waals surface area contributed by atoms with Crippen molar-refractivity contribution in [2.75, 3.05) is 13.7 Å². The number of hydrogen-bond acceptors (Lipinski definition) is 4. The number of fused-ring (bicyclic) bond motifs is 2. The molecule has 0 aromatic heterocycles. The molecule has 2 aliphatic heterocycles. The molecule has 0 amide bonds. The van der Waals surface area contributed by atoms with Gasteiger partial charge in [-0.3, -0.25) is 0 Å². The van der Waals surface area contributed by atoms with Crippen molar-refractivity contribution < 1.29 is 4.74 Å². The highest BCUT2D eigenvalue weighted by Gasteiger charge is 2.45. The van der Waals surface area contributed by atoms with Gasteiger partial charge >= 0.3 is 0 Å². The van der Waals surface area contributed by atoms with Crippen LogP contribution in [0, 0.1) is 0 Å². The minimum atomic E-state index is -0.292. The molecule has 2 heterocycles.